The van der Waals surface area contributed by atoms with Gasteiger partial charge in [0.15, 0.2) is 0 Å². The minimum Gasteiger partial charge on any atom is -0.481 e. The molecule has 134 valence electrons. The van der Waals surface area contributed by atoms with E-state index in [9.17, 15) is 14.7 Å². The zero-order valence-electron chi connectivity index (χ0n) is 14.2. The number of carbonyl (C=O) groups excluding carboxylic acids is 1. The first-order valence-corrected chi connectivity index (χ1v) is 9.13. The second kappa shape index (κ2) is 6.40. The third-order valence-electron chi connectivity index (χ3n) is 5.74. The molecule has 1 saturated heterocycles. The molecule has 26 heavy (non-hydrogen) atoms. The molecule has 1 aromatic carbocycles. The number of carboxylic acids is 1. The van der Waals surface area contributed by atoms with Gasteiger partial charge in [-0.05, 0) is 43.0 Å². The van der Waals surface area contributed by atoms with Gasteiger partial charge in [0, 0.05) is 24.8 Å². The summed E-state index contributed by atoms with van der Waals surface area (Å²) < 4.78 is 0. The number of hydrogen-bond donors (Lipinski definition) is 1. The summed E-state index contributed by atoms with van der Waals surface area (Å²) in [7, 11) is 0. The molecule has 2 atom stereocenters. The van der Waals surface area contributed by atoms with E-state index in [0.717, 1.165) is 24.1 Å². The molecule has 5 nitrogen and oxygen atoms in total. The van der Waals surface area contributed by atoms with E-state index < -0.39 is 11.4 Å². The fraction of sp³-hybridized carbons (Fsp3) is 0.350. The number of carbonyl (C=O) groups is 2. The number of fused-ring (bicyclic) bond motifs is 1. The molecule has 1 aromatic heterocycles. The van der Waals surface area contributed by atoms with Gasteiger partial charge in [-0.2, -0.15) is 0 Å². The van der Waals surface area contributed by atoms with E-state index in [4.69, 9.17) is 11.6 Å². The van der Waals surface area contributed by atoms with E-state index in [1.807, 2.05) is 24.3 Å². The first-order valence-electron chi connectivity index (χ1n) is 8.75. The maximum absolute atomic E-state index is 13.1. The van der Waals surface area contributed by atoms with Crippen LogP contribution < -0.4 is 0 Å². The van der Waals surface area contributed by atoms with Crippen LogP contribution in [-0.2, 0) is 4.79 Å². The Morgan fingerprint density at radius 1 is 1.27 bits per heavy atom. The van der Waals surface area contributed by atoms with E-state index >= 15 is 0 Å². The molecule has 1 amide bonds. The van der Waals surface area contributed by atoms with Gasteiger partial charge in [-0.25, -0.2) is 0 Å². The molecular formula is C20H19ClN2O3. The van der Waals surface area contributed by atoms with Crippen molar-refractivity contribution in [3.05, 3.63) is 53.2 Å². The highest BCUT2D eigenvalue weighted by molar-refractivity contribution is 6.34. The SMILES string of the molecule is O=C(c1cc(-c2ccccn2)ccc1Cl)N1C[C@@H]2CCC[C@@]2(C(=O)O)C1. The summed E-state index contributed by atoms with van der Waals surface area (Å²) in [6.07, 6.45) is 4.11. The minimum absolute atomic E-state index is 0.0294. The van der Waals surface area contributed by atoms with Crippen molar-refractivity contribution in [2.45, 2.75) is 19.3 Å². The van der Waals surface area contributed by atoms with Gasteiger partial charge in [-0.15, -0.1) is 0 Å². The fourth-order valence-corrected chi connectivity index (χ4v) is 4.54. The summed E-state index contributed by atoms with van der Waals surface area (Å²) in [5.41, 5.74) is 1.18. The molecule has 1 aliphatic carbocycles. The van der Waals surface area contributed by atoms with Crippen LogP contribution in [0.5, 0.6) is 0 Å². The molecule has 0 bridgehead atoms. The Hall–Kier alpha value is -2.40. The van der Waals surface area contributed by atoms with Gasteiger partial charge >= 0.3 is 5.97 Å². The minimum atomic E-state index is -0.791. The van der Waals surface area contributed by atoms with Gasteiger partial charge in [-0.3, -0.25) is 14.6 Å². The summed E-state index contributed by atoms with van der Waals surface area (Å²) in [6.45, 7) is 0.741. The van der Waals surface area contributed by atoms with Gasteiger partial charge < -0.3 is 10.0 Å². The van der Waals surface area contributed by atoms with E-state index in [1.54, 1.807) is 23.2 Å². The van der Waals surface area contributed by atoms with E-state index in [-0.39, 0.29) is 18.4 Å². The number of rotatable bonds is 3. The number of pyridine rings is 1. The lowest BCUT2D eigenvalue weighted by Gasteiger charge is -2.23. The molecule has 1 saturated carbocycles. The quantitative estimate of drug-likeness (QED) is 0.893. The lowest BCUT2D eigenvalue weighted by Crippen LogP contribution is -2.37. The molecule has 4 rings (SSSR count). The maximum atomic E-state index is 13.1. The number of likely N-dealkylation sites (tertiary alicyclic amines) is 1. The van der Waals surface area contributed by atoms with Gasteiger partial charge in [0.1, 0.15) is 0 Å². The van der Waals surface area contributed by atoms with Crippen LogP contribution in [0.3, 0.4) is 0 Å². The first kappa shape index (κ1) is 17.0. The van der Waals surface area contributed by atoms with Crippen LogP contribution in [0.15, 0.2) is 42.6 Å². The lowest BCUT2D eigenvalue weighted by molar-refractivity contribution is -0.149. The Morgan fingerprint density at radius 2 is 2.12 bits per heavy atom. The Kier molecular flexibility index (Phi) is 4.19. The highest BCUT2D eigenvalue weighted by Gasteiger charge is 2.55. The lowest BCUT2D eigenvalue weighted by atomic mass is 9.81. The predicted molar refractivity (Wildman–Crippen MR) is 98.0 cm³/mol. The average Bonchev–Trinajstić information content (AvgIpc) is 3.21. The second-order valence-corrected chi connectivity index (χ2v) is 7.55. The van der Waals surface area contributed by atoms with Crippen LogP contribution in [0.2, 0.25) is 5.02 Å². The molecule has 1 aliphatic heterocycles. The third-order valence-corrected chi connectivity index (χ3v) is 6.07. The van der Waals surface area contributed by atoms with Crippen LogP contribution in [0, 0.1) is 11.3 Å². The van der Waals surface area contributed by atoms with Crippen molar-refractivity contribution in [2.24, 2.45) is 11.3 Å². The van der Waals surface area contributed by atoms with Crippen LogP contribution in [0.4, 0.5) is 0 Å². The Morgan fingerprint density at radius 3 is 2.81 bits per heavy atom. The summed E-state index contributed by atoms with van der Waals surface area (Å²) in [4.78, 5) is 30.9. The molecule has 2 fully saturated rings. The number of benzene rings is 1. The molecule has 6 heteroatoms. The number of carboxylic acid groups (broad SMARTS) is 1. The van der Waals surface area contributed by atoms with Crippen molar-refractivity contribution in [2.75, 3.05) is 13.1 Å². The smallest absolute Gasteiger partial charge is 0.311 e. The largest absolute Gasteiger partial charge is 0.481 e. The first-order chi connectivity index (χ1) is 12.5. The zero-order valence-corrected chi connectivity index (χ0v) is 14.9. The Labute approximate surface area is 156 Å². The number of amides is 1. The van der Waals surface area contributed by atoms with Crippen LogP contribution in [0.25, 0.3) is 11.3 Å². The third kappa shape index (κ3) is 2.67. The summed E-state index contributed by atoms with van der Waals surface area (Å²) in [6, 6.07) is 10.9. The number of aliphatic carboxylic acids is 1. The standard InChI is InChI=1S/C20H19ClN2O3/c21-16-7-6-13(17-5-1-2-9-22-17)10-15(16)18(24)23-11-14-4-3-8-20(14,12-23)19(25)26/h1-2,5-7,9-10,14H,3-4,8,11-12H2,(H,25,26)/t14-,20+/m0/s1. The van der Waals surface area contributed by atoms with Gasteiger partial charge in [-0.1, -0.05) is 30.2 Å². The Bertz CT molecular complexity index is 871. The average molecular weight is 371 g/mol. The summed E-state index contributed by atoms with van der Waals surface area (Å²) in [5.74, 6) is -0.965. The molecule has 2 aromatic rings. The Balaban J connectivity index is 1.64. The normalized spacial score (nSPS) is 24.5. The number of halogens is 1. The molecule has 2 aliphatic rings. The van der Waals surface area contributed by atoms with Crippen molar-refractivity contribution < 1.29 is 14.7 Å². The second-order valence-electron chi connectivity index (χ2n) is 7.15. The molecule has 2 heterocycles. The van der Waals surface area contributed by atoms with E-state index in [0.29, 0.717) is 23.6 Å². The van der Waals surface area contributed by atoms with Gasteiger partial charge in [0.05, 0.1) is 21.7 Å². The summed E-state index contributed by atoms with van der Waals surface area (Å²) in [5, 5.41) is 10.1. The van der Waals surface area contributed by atoms with E-state index in [2.05, 4.69) is 4.98 Å². The molecular weight excluding hydrogens is 352 g/mol. The molecule has 0 spiro atoms. The van der Waals surface area contributed by atoms with Crippen molar-refractivity contribution in [1.82, 2.24) is 9.88 Å². The van der Waals surface area contributed by atoms with Crippen molar-refractivity contribution >= 4 is 23.5 Å². The van der Waals surface area contributed by atoms with Crippen molar-refractivity contribution in [1.29, 1.82) is 0 Å². The van der Waals surface area contributed by atoms with Crippen LogP contribution in [-0.4, -0.2) is 40.0 Å². The van der Waals surface area contributed by atoms with Gasteiger partial charge in [0.2, 0.25) is 0 Å². The van der Waals surface area contributed by atoms with Crippen LogP contribution in [0.1, 0.15) is 29.6 Å². The molecule has 1 N–H and O–H groups in total. The highest BCUT2D eigenvalue weighted by Crippen LogP contribution is 2.49. The van der Waals surface area contributed by atoms with Crippen LogP contribution >= 0.6 is 11.6 Å². The fourth-order valence-electron chi connectivity index (χ4n) is 4.35. The number of aromatic nitrogens is 1. The summed E-state index contributed by atoms with van der Waals surface area (Å²) >= 11 is 6.29. The topological polar surface area (TPSA) is 70.5 Å². The number of nitrogens with zero attached hydrogens (tertiary/aromatic N) is 2. The molecule has 0 radical (unpaired) electrons. The monoisotopic (exact) mass is 370 g/mol. The van der Waals surface area contributed by atoms with E-state index in [1.165, 1.54) is 0 Å². The maximum Gasteiger partial charge on any atom is 0.311 e. The highest BCUT2D eigenvalue weighted by atomic mass is 35.5. The zero-order chi connectivity index (χ0) is 18.3. The predicted octanol–water partition coefficient (Wildman–Crippen LogP) is 3.73. The van der Waals surface area contributed by atoms with Crippen molar-refractivity contribution in [3.8, 4) is 11.3 Å². The number of hydrogen-bond acceptors (Lipinski definition) is 3. The van der Waals surface area contributed by atoms with Crippen molar-refractivity contribution in [3.63, 3.8) is 0 Å². The molecule has 0 unspecified atom stereocenters. The van der Waals surface area contributed by atoms with Gasteiger partial charge in [0.25, 0.3) is 5.91 Å².